The van der Waals surface area contributed by atoms with Crippen molar-refractivity contribution in [3.05, 3.63) is 79.2 Å². The summed E-state index contributed by atoms with van der Waals surface area (Å²) in [7, 11) is 0. The summed E-state index contributed by atoms with van der Waals surface area (Å²) < 4.78 is 0.920. The molecule has 0 saturated carbocycles. The maximum atomic E-state index is 12.5. The van der Waals surface area contributed by atoms with Crippen LogP contribution in [0.25, 0.3) is 6.08 Å². The van der Waals surface area contributed by atoms with Crippen LogP contribution in [0, 0.1) is 10.1 Å². The number of rotatable bonds is 4. The molecule has 0 aliphatic carbocycles. The molecule has 25 heavy (non-hydrogen) atoms. The SMILES string of the molecule is O=C1SC(=Cc2ccc(Br)cc2)C(=O)N1Cc1cccc([N+](=O)[O-])c1. The normalized spacial score (nSPS) is 15.9. The van der Waals surface area contributed by atoms with E-state index in [0.717, 1.165) is 26.7 Å². The van der Waals surface area contributed by atoms with Crippen LogP contribution in [0.2, 0.25) is 0 Å². The van der Waals surface area contributed by atoms with E-state index in [4.69, 9.17) is 0 Å². The van der Waals surface area contributed by atoms with Gasteiger partial charge in [-0.3, -0.25) is 24.6 Å². The summed E-state index contributed by atoms with van der Waals surface area (Å²) in [5.74, 6) is -0.399. The minimum atomic E-state index is -0.509. The molecule has 0 aromatic heterocycles. The van der Waals surface area contributed by atoms with Crippen LogP contribution in [0.15, 0.2) is 57.9 Å². The summed E-state index contributed by atoms with van der Waals surface area (Å²) in [6.45, 7) is 0.00399. The molecule has 0 spiro atoms. The second kappa shape index (κ2) is 7.20. The third-order valence-corrected chi connectivity index (χ3v) is 4.94. The molecule has 1 aliphatic rings. The number of nitro groups is 1. The minimum Gasteiger partial charge on any atom is -0.268 e. The number of hydrogen-bond donors (Lipinski definition) is 0. The summed E-state index contributed by atoms with van der Waals surface area (Å²) >= 11 is 4.20. The average molecular weight is 419 g/mol. The van der Waals surface area contributed by atoms with Gasteiger partial charge in [-0.05, 0) is 41.1 Å². The molecule has 3 rings (SSSR count). The largest absolute Gasteiger partial charge is 0.293 e. The summed E-state index contributed by atoms with van der Waals surface area (Å²) in [5.41, 5.74) is 1.26. The van der Waals surface area contributed by atoms with E-state index >= 15 is 0 Å². The number of imide groups is 1. The highest BCUT2D eigenvalue weighted by atomic mass is 79.9. The lowest BCUT2D eigenvalue weighted by atomic mass is 10.2. The van der Waals surface area contributed by atoms with Crippen molar-refractivity contribution in [2.45, 2.75) is 6.54 Å². The molecule has 0 bridgehead atoms. The lowest BCUT2D eigenvalue weighted by Gasteiger charge is -2.12. The van der Waals surface area contributed by atoms with E-state index in [-0.39, 0.29) is 17.5 Å². The molecule has 0 atom stereocenters. The second-order valence-corrected chi connectivity index (χ2v) is 7.16. The molecule has 1 heterocycles. The van der Waals surface area contributed by atoms with Crippen molar-refractivity contribution in [2.75, 3.05) is 0 Å². The Morgan fingerprint density at radius 1 is 1.16 bits per heavy atom. The number of amides is 2. The van der Waals surface area contributed by atoms with Gasteiger partial charge in [0.05, 0.1) is 16.4 Å². The van der Waals surface area contributed by atoms with E-state index in [1.165, 1.54) is 18.2 Å². The Bertz CT molecular complexity index is 896. The van der Waals surface area contributed by atoms with Gasteiger partial charge in [0, 0.05) is 16.6 Å². The summed E-state index contributed by atoms with van der Waals surface area (Å²) in [6, 6.07) is 13.3. The predicted octanol–water partition coefficient (Wildman–Crippen LogP) is 4.59. The van der Waals surface area contributed by atoms with Crippen molar-refractivity contribution < 1.29 is 14.5 Å². The van der Waals surface area contributed by atoms with E-state index in [9.17, 15) is 19.7 Å². The number of hydrogen-bond acceptors (Lipinski definition) is 5. The average Bonchev–Trinajstić information content (AvgIpc) is 2.85. The number of thioether (sulfide) groups is 1. The van der Waals surface area contributed by atoms with E-state index in [1.807, 2.05) is 24.3 Å². The third kappa shape index (κ3) is 3.97. The van der Waals surface area contributed by atoms with E-state index in [2.05, 4.69) is 15.9 Å². The molecule has 6 nitrogen and oxygen atoms in total. The lowest BCUT2D eigenvalue weighted by Crippen LogP contribution is -2.27. The van der Waals surface area contributed by atoms with Crippen LogP contribution in [-0.4, -0.2) is 21.0 Å². The van der Waals surface area contributed by atoms with Crippen molar-refractivity contribution in [3.63, 3.8) is 0 Å². The first-order valence-electron chi connectivity index (χ1n) is 7.18. The fourth-order valence-electron chi connectivity index (χ4n) is 2.30. The van der Waals surface area contributed by atoms with Crippen LogP contribution in [0.3, 0.4) is 0 Å². The van der Waals surface area contributed by atoms with Crippen LogP contribution in [0.5, 0.6) is 0 Å². The highest BCUT2D eigenvalue weighted by Crippen LogP contribution is 2.33. The number of halogens is 1. The first-order chi connectivity index (χ1) is 11.9. The molecule has 1 aliphatic heterocycles. The van der Waals surface area contributed by atoms with Crippen molar-refractivity contribution in [3.8, 4) is 0 Å². The monoisotopic (exact) mass is 418 g/mol. The molecule has 0 radical (unpaired) electrons. The van der Waals surface area contributed by atoms with Gasteiger partial charge in [-0.2, -0.15) is 0 Å². The molecule has 0 unspecified atom stereocenters. The number of benzene rings is 2. The Morgan fingerprint density at radius 3 is 2.56 bits per heavy atom. The van der Waals surface area contributed by atoms with Gasteiger partial charge in [-0.1, -0.05) is 40.2 Å². The highest BCUT2D eigenvalue weighted by molar-refractivity contribution is 9.10. The molecule has 126 valence electrons. The second-order valence-electron chi connectivity index (χ2n) is 5.25. The Labute approximate surface area is 155 Å². The van der Waals surface area contributed by atoms with E-state index in [0.29, 0.717) is 10.5 Å². The van der Waals surface area contributed by atoms with Crippen LogP contribution in [-0.2, 0) is 11.3 Å². The first-order valence-corrected chi connectivity index (χ1v) is 8.79. The predicted molar refractivity (Wildman–Crippen MR) is 98.8 cm³/mol. The van der Waals surface area contributed by atoms with Crippen LogP contribution in [0.4, 0.5) is 10.5 Å². The fraction of sp³-hybridized carbons (Fsp3) is 0.0588. The molecule has 2 aromatic carbocycles. The van der Waals surface area contributed by atoms with Gasteiger partial charge in [0.25, 0.3) is 16.8 Å². The lowest BCUT2D eigenvalue weighted by molar-refractivity contribution is -0.384. The number of nitrogens with zero attached hydrogens (tertiary/aromatic N) is 2. The molecule has 2 amide bonds. The minimum absolute atomic E-state index is 0.00399. The van der Waals surface area contributed by atoms with E-state index < -0.39 is 10.8 Å². The summed E-state index contributed by atoms with van der Waals surface area (Å²) in [4.78, 5) is 36.4. The maximum Gasteiger partial charge on any atom is 0.293 e. The Hall–Kier alpha value is -2.45. The Balaban J connectivity index is 1.81. The van der Waals surface area contributed by atoms with Gasteiger partial charge >= 0.3 is 0 Å². The zero-order chi connectivity index (χ0) is 18.0. The van der Waals surface area contributed by atoms with Crippen molar-refractivity contribution >= 4 is 50.6 Å². The van der Waals surface area contributed by atoms with Gasteiger partial charge in [0.15, 0.2) is 0 Å². The maximum absolute atomic E-state index is 12.5. The quantitative estimate of drug-likeness (QED) is 0.411. The van der Waals surface area contributed by atoms with Crippen molar-refractivity contribution in [2.24, 2.45) is 0 Å². The first kappa shape index (κ1) is 17.4. The number of carbonyl (C=O) groups is 2. The third-order valence-electron chi connectivity index (χ3n) is 3.50. The molecular formula is C17H11BrN2O4S. The zero-order valence-electron chi connectivity index (χ0n) is 12.7. The van der Waals surface area contributed by atoms with Crippen molar-refractivity contribution in [1.82, 2.24) is 4.90 Å². The Morgan fingerprint density at radius 2 is 1.88 bits per heavy atom. The molecule has 1 saturated heterocycles. The van der Waals surface area contributed by atoms with Crippen LogP contribution < -0.4 is 0 Å². The van der Waals surface area contributed by atoms with Gasteiger partial charge in [-0.15, -0.1) is 0 Å². The topological polar surface area (TPSA) is 80.5 Å². The number of nitro benzene ring substituents is 1. The van der Waals surface area contributed by atoms with Gasteiger partial charge in [0.2, 0.25) is 0 Å². The molecule has 2 aromatic rings. The van der Waals surface area contributed by atoms with Gasteiger partial charge < -0.3 is 0 Å². The highest BCUT2D eigenvalue weighted by Gasteiger charge is 2.35. The van der Waals surface area contributed by atoms with Crippen LogP contribution >= 0.6 is 27.7 Å². The summed E-state index contributed by atoms with van der Waals surface area (Å²) in [5, 5.41) is 10.5. The zero-order valence-corrected chi connectivity index (χ0v) is 15.1. The number of carbonyl (C=O) groups excluding carboxylic acids is 2. The van der Waals surface area contributed by atoms with Gasteiger partial charge in [-0.25, -0.2) is 0 Å². The van der Waals surface area contributed by atoms with Gasteiger partial charge in [0.1, 0.15) is 0 Å². The standard InChI is InChI=1S/C17H11BrN2O4S/c18-13-6-4-11(5-7-13)9-15-16(21)19(17(22)25-15)10-12-2-1-3-14(8-12)20(23)24/h1-9H,10H2. The molecule has 1 fully saturated rings. The van der Waals surface area contributed by atoms with E-state index in [1.54, 1.807) is 12.1 Å². The molecule has 8 heteroatoms. The molecular weight excluding hydrogens is 408 g/mol. The summed E-state index contributed by atoms with van der Waals surface area (Å²) in [6.07, 6.45) is 1.66. The molecule has 0 N–H and O–H groups in total. The number of non-ortho nitro benzene ring substituents is 1. The fourth-order valence-corrected chi connectivity index (χ4v) is 3.40. The van der Waals surface area contributed by atoms with Crippen LogP contribution in [0.1, 0.15) is 11.1 Å². The Kier molecular flexibility index (Phi) is 5.00. The smallest absolute Gasteiger partial charge is 0.268 e. The van der Waals surface area contributed by atoms with Crippen molar-refractivity contribution in [1.29, 1.82) is 0 Å².